The van der Waals surface area contributed by atoms with Crippen molar-refractivity contribution in [1.29, 1.82) is 0 Å². The number of alkyl halides is 3. The highest BCUT2D eigenvalue weighted by Gasteiger charge is 2.35. The number of hydrogen-bond acceptors (Lipinski definition) is 4. The summed E-state index contributed by atoms with van der Waals surface area (Å²) in [5, 5.41) is 5.05. The van der Waals surface area contributed by atoms with Gasteiger partial charge in [-0.05, 0) is 48.9 Å². The summed E-state index contributed by atoms with van der Waals surface area (Å²) in [6, 6.07) is 8.98. The van der Waals surface area contributed by atoms with Crippen LogP contribution in [0.25, 0.3) is 0 Å². The summed E-state index contributed by atoms with van der Waals surface area (Å²) in [5.41, 5.74) is -0.529. The Labute approximate surface area is 199 Å². The van der Waals surface area contributed by atoms with Crippen LogP contribution in [0.1, 0.15) is 25.3 Å². The van der Waals surface area contributed by atoms with Crippen LogP contribution in [0.15, 0.2) is 42.5 Å². The molecule has 0 unspecified atom stereocenters. The molecular formula is C23H23ClF3N3O4. The van der Waals surface area contributed by atoms with Crippen LogP contribution in [-0.4, -0.2) is 37.4 Å². The molecule has 1 aliphatic rings. The van der Waals surface area contributed by atoms with Gasteiger partial charge in [0.15, 0.2) is 6.61 Å². The van der Waals surface area contributed by atoms with E-state index in [-0.39, 0.29) is 35.5 Å². The zero-order valence-electron chi connectivity index (χ0n) is 18.2. The van der Waals surface area contributed by atoms with Gasteiger partial charge in [-0.1, -0.05) is 18.5 Å². The quantitative estimate of drug-likeness (QED) is 0.570. The van der Waals surface area contributed by atoms with Crippen molar-refractivity contribution in [3.63, 3.8) is 0 Å². The highest BCUT2D eigenvalue weighted by atomic mass is 35.5. The normalized spacial score (nSPS) is 15.9. The minimum Gasteiger partial charge on any atom is -0.484 e. The number of anilines is 2. The molecule has 0 radical (unpaired) electrons. The number of halogens is 4. The molecular weight excluding hydrogens is 475 g/mol. The van der Waals surface area contributed by atoms with Gasteiger partial charge in [0.2, 0.25) is 11.8 Å². The lowest BCUT2D eigenvalue weighted by atomic mass is 10.1. The molecule has 3 amide bonds. The van der Waals surface area contributed by atoms with Gasteiger partial charge in [0, 0.05) is 25.2 Å². The zero-order valence-corrected chi connectivity index (χ0v) is 19.0. The number of carbonyl (C=O) groups excluding carboxylic acids is 3. The molecule has 1 atom stereocenters. The third-order valence-electron chi connectivity index (χ3n) is 5.13. The van der Waals surface area contributed by atoms with Crippen molar-refractivity contribution in [2.24, 2.45) is 5.92 Å². The Bertz CT molecular complexity index is 1060. The smallest absolute Gasteiger partial charge is 0.416 e. The molecule has 1 fully saturated rings. The van der Waals surface area contributed by atoms with Gasteiger partial charge >= 0.3 is 6.18 Å². The monoisotopic (exact) mass is 497 g/mol. The molecule has 1 aliphatic heterocycles. The van der Waals surface area contributed by atoms with Gasteiger partial charge in [-0.2, -0.15) is 13.2 Å². The van der Waals surface area contributed by atoms with Crippen LogP contribution in [0.3, 0.4) is 0 Å². The summed E-state index contributed by atoms with van der Waals surface area (Å²) in [4.78, 5) is 38.1. The SMILES string of the molecule is CCCNC(=O)[C@@H]1CC(=O)N(c2ccc(OCC(=O)Nc3cc(C(F)(F)F)ccc3Cl)cc2)C1. The molecule has 0 aliphatic carbocycles. The lowest BCUT2D eigenvalue weighted by molar-refractivity contribution is -0.137. The highest BCUT2D eigenvalue weighted by Crippen LogP contribution is 2.34. The van der Waals surface area contributed by atoms with E-state index in [1.54, 1.807) is 24.3 Å². The Hall–Kier alpha value is -3.27. The maximum absolute atomic E-state index is 12.9. The average Bonchev–Trinajstić information content (AvgIpc) is 3.18. The fourth-order valence-electron chi connectivity index (χ4n) is 3.38. The summed E-state index contributed by atoms with van der Waals surface area (Å²) in [5.74, 6) is -1.10. The minimum atomic E-state index is -4.57. The maximum atomic E-state index is 12.9. The van der Waals surface area contributed by atoms with E-state index in [0.29, 0.717) is 18.0 Å². The van der Waals surface area contributed by atoms with Crippen molar-refractivity contribution in [2.45, 2.75) is 25.9 Å². The van der Waals surface area contributed by atoms with E-state index < -0.39 is 30.2 Å². The summed E-state index contributed by atoms with van der Waals surface area (Å²) in [6.45, 7) is 2.31. The second-order valence-electron chi connectivity index (χ2n) is 7.72. The maximum Gasteiger partial charge on any atom is 0.416 e. The third kappa shape index (κ3) is 6.40. The van der Waals surface area contributed by atoms with Crippen molar-refractivity contribution in [2.75, 3.05) is 29.9 Å². The Morgan fingerprint density at radius 2 is 1.88 bits per heavy atom. The van der Waals surface area contributed by atoms with Crippen LogP contribution >= 0.6 is 11.6 Å². The molecule has 2 N–H and O–H groups in total. The van der Waals surface area contributed by atoms with Crippen LogP contribution in [0, 0.1) is 5.92 Å². The van der Waals surface area contributed by atoms with E-state index in [9.17, 15) is 27.6 Å². The second kappa shape index (κ2) is 10.8. The van der Waals surface area contributed by atoms with E-state index in [1.165, 1.54) is 4.90 Å². The van der Waals surface area contributed by atoms with E-state index in [1.807, 2.05) is 6.92 Å². The Morgan fingerprint density at radius 1 is 1.18 bits per heavy atom. The average molecular weight is 498 g/mol. The fourth-order valence-corrected chi connectivity index (χ4v) is 3.54. The number of nitrogens with zero attached hydrogens (tertiary/aromatic N) is 1. The molecule has 7 nitrogen and oxygen atoms in total. The first kappa shape index (κ1) is 25.4. The lowest BCUT2D eigenvalue weighted by Crippen LogP contribution is -2.33. The number of benzene rings is 2. The highest BCUT2D eigenvalue weighted by molar-refractivity contribution is 6.33. The predicted molar refractivity (Wildman–Crippen MR) is 121 cm³/mol. The first-order valence-electron chi connectivity index (χ1n) is 10.6. The summed E-state index contributed by atoms with van der Waals surface area (Å²) in [7, 11) is 0. The van der Waals surface area contributed by atoms with Gasteiger partial charge in [-0.25, -0.2) is 0 Å². The first-order chi connectivity index (χ1) is 16.1. The Kier molecular flexibility index (Phi) is 8.03. The van der Waals surface area contributed by atoms with E-state index in [0.717, 1.165) is 24.6 Å². The Balaban J connectivity index is 1.55. The van der Waals surface area contributed by atoms with Gasteiger partial charge in [-0.15, -0.1) is 0 Å². The molecule has 182 valence electrons. The molecule has 0 spiro atoms. The van der Waals surface area contributed by atoms with E-state index in [4.69, 9.17) is 16.3 Å². The van der Waals surface area contributed by atoms with Gasteiger partial charge in [0.25, 0.3) is 5.91 Å². The number of rotatable bonds is 8. The molecule has 34 heavy (non-hydrogen) atoms. The summed E-state index contributed by atoms with van der Waals surface area (Å²) < 4.78 is 44.0. The first-order valence-corrected chi connectivity index (χ1v) is 10.9. The standard InChI is InChI=1S/C23H23ClF3N3O4/c1-2-9-28-22(33)14-10-21(32)30(12-14)16-4-6-17(7-5-16)34-13-20(31)29-19-11-15(23(25,26)27)3-8-18(19)24/h3-8,11,14H,2,9-10,12-13H2,1H3,(H,28,33)(H,29,31)/t14-/m1/s1. The predicted octanol–water partition coefficient (Wildman–Crippen LogP) is 4.26. The van der Waals surface area contributed by atoms with Crippen molar-refractivity contribution >= 4 is 40.7 Å². The molecule has 2 aromatic rings. The molecule has 3 rings (SSSR count). The van der Waals surface area contributed by atoms with E-state index >= 15 is 0 Å². The van der Waals surface area contributed by atoms with Crippen LogP contribution in [0.4, 0.5) is 24.5 Å². The number of carbonyl (C=O) groups is 3. The van der Waals surface area contributed by atoms with Crippen LogP contribution in [0.2, 0.25) is 5.02 Å². The summed E-state index contributed by atoms with van der Waals surface area (Å²) >= 11 is 5.87. The number of nitrogens with one attached hydrogen (secondary N) is 2. The largest absolute Gasteiger partial charge is 0.484 e. The summed E-state index contributed by atoms with van der Waals surface area (Å²) in [6.07, 6.45) is -3.63. The molecule has 1 saturated heterocycles. The molecule has 2 aromatic carbocycles. The zero-order chi connectivity index (χ0) is 24.9. The number of amides is 3. The van der Waals surface area contributed by atoms with Crippen molar-refractivity contribution in [3.8, 4) is 5.75 Å². The van der Waals surface area contributed by atoms with Crippen molar-refractivity contribution in [3.05, 3.63) is 53.1 Å². The molecule has 1 heterocycles. The van der Waals surface area contributed by atoms with Gasteiger partial charge in [0.1, 0.15) is 5.75 Å². The van der Waals surface area contributed by atoms with Gasteiger partial charge < -0.3 is 20.3 Å². The fraction of sp³-hybridized carbons (Fsp3) is 0.348. The van der Waals surface area contributed by atoms with Gasteiger partial charge in [0.05, 0.1) is 22.2 Å². The van der Waals surface area contributed by atoms with Crippen LogP contribution in [0.5, 0.6) is 5.75 Å². The van der Waals surface area contributed by atoms with Gasteiger partial charge in [-0.3, -0.25) is 14.4 Å². The molecule has 0 bridgehead atoms. The molecule has 0 aromatic heterocycles. The number of hydrogen-bond donors (Lipinski definition) is 2. The third-order valence-corrected chi connectivity index (χ3v) is 5.46. The minimum absolute atomic E-state index is 0.0392. The van der Waals surface area contributed by atoms with Crippen LogP contribution < -0.4 is 20.3 Å². The van der Waals surface area contributed by atoms with Crippen molar-refractivity contribution < 1.29 is 32.3 Å². The van der Waals surface area contributed by atoms with E-state index in [2.05, 4.69) is 10.6 Å². The van der Waals surface area contributed by atoms with Crippen molar-refractivity contribution in [1.82, 2.24) is 5.32 Å². The Morgan fingerprint density at radius 3 is 2.53 bits per heavy atom. The lowest BCUT2D eigenvalue weighted by Gasteiger charge is -2.17. The second-order valence-corrected chi connectivity index (χ2v) is 8.13. The molecule has 0 saturated carbocycles. The topological polar surface area (TPSA) is 87.7 Å². The molecule has 11 heteroatoms. The van der Waals surface area contributed by atoms with Crippen LogP contribution in [-0.2, 0) is 20.6 Å². The number of ether oxygens (including phenoxy) is 1.